The number of hydrogen-bond acceptors (Lipinski definition) is 2. The molecule has 0 bridgehead atoms. The Hall–Kier alpha value is -1.87. The zero-order chi connectivity index (χ0) is 15.1. The summed E-state index contributed by atoms with van der Waals surface area (Å²) in [6.07, 6.45) is 2.71. The molecule has 1 atom stereocenters. The van der Waals surface area contributed by atoms with Gasteiger partial charge in [0.1, 0.15) is 11.6 Å². The lowest BCUT2D eigenvalue weighted by Crippen LogP contribution is -2.33. The molecule has 0 saturated heterocycles. The highest BCUT2D eigenvalue weighted by molar-refractivity contribution is 5.27. The maximum Gasteiger partial charge on any atom is 0.123 e. The van der Waals surface area contributed by atoms with E-state index in [1.54, 1.807) is 24.3 Å². The number of nitrogens with one attached hydrogen (secondary N) is 1. The number of phenolic OH excluding ortho intramolecular Hbond substituents is 1. The van der Waals surface area contributed by atoms with E-state index in [-0.39, 0.29) is 17.6 Å². The topological polar surface area (TPSA) is 32.3 Å². The molecule has 0 aromatic heterocycles. The number of halogens is 1. The van der Waals surface area contributed by atoms with Gasteiger partial charge in [0.15, 0.2) is 0 Å². The van der Waals surface area contributed by atoms with E-state index in [1.807, 2.05) is 18.2 Å². The van der Waals surface area contributed by atoms with Crippen LogP contribution in [0, 0.1) is 5.82 Å². The molecule has 0 saturated carbocycles. The Balaban J connectivity index is 2.04. The van der Waals surface area contributed by atoms with E-state index in [2.05, 4.69) is 12.2 Å². The van der Waals surface area contributed by atoms with Crippen molar-refractivity contribution in [2.24, 2.45) is 0 Å². The summed E-state index contributed by atoms with van der Waals surface area (Å²) in [4.78, 5) is 0. The van der Waals surface area contributed by atoms with Crippen LogP contribution in [0.5, 0.6) is 5.75 Å². The van der Waals surface area contributed by atoms with Gasteiger partial charge in [0, 0.05) is 6.04 Å². The molecule has 0 aliphatic carbocycles. The third kappa shape index (κ3) is 5.20. The number of rotatable bonds is 7. The van der Waals surface area contributed by atoms with Crippen molar-refractivity contribution < 1.29 is 9.50 Å². The largest absolute Gasteiger partial charge is 0.508 e. The van der Waals surface area contributed by atoms with Crippen molar-refractivity contribution in [1.82, 2.24) is 5.32 Å². The molecule has 2 N–H and O–H groups in total. The van der Waals surface area contributed by atoms with E-state index in [1.165, 1.54) is 6.07 Å². The molecule has 21 heavy (non-hydrogen) atoms. The Labute approximate surface area is 125 Å². The van der Waals surface area contributed by atoms with Gasteiger partial charge in [-0.15, -0.1) is 0 Å². The molecular weight excluding hydrogens is 265 g/mol. The lowest BCUT2D eigenvalue weighted by Gasteiger charge is -2.19. The summed E-state index contributed by atoms with van der Waals surface area (Å²) >= 11 is 0. The second-order valence-electron chi connectivity index (χ2n) is 5.36. The second-order valence-corrected chi connectivity index (χ2v) is 5.36. The minimum atomic E-state index is -0.189. The first kappa shape index (κ1) is 15.5. The van der Waals surface area contributed by atoms with Gasteiger partial charge in [-0.2, -0.15) is 0 Å². The van der Waals surface area contributed by atoms with Gasteiger partial charge in [-0.25, -0.2) is 4.39 Å². The van der Waals surface area contributed by atoms with Crippen LogP contribution >= 0.6 is 0 Å². The SMILES string of the molecule is CCCNC(Cc1ccc(O)cc1)Cc1cccc(F)c1. The minimum absolute atomic E-state index is 0.189. The summed E-state index contributed by atoms with van der Waals surface area (Å²) in [5.41, 5.74) is 2.17. The first-order valence-corrected chi connectivity index (χ1v) is 7.43. The quantitative estimate of drug-likeness (QED) is 0.814. The molecule has 2 nitrogen and oxygen atoms in total. The van der Waals surface area contributed by atoms with E-state index in [4.69, 9.17) is 0 Å². The highest BCUT2D eigenvalue weighted by Gasteiger charge is 2.10. The van der Waals surface area contributed by atoms with Gasteiger partial charge in [0.25, 0.3) is 0 Å². The highest BCUT2D eigenvalue weighted by atomic mass is 19.1. The van der Waals surface area contributed by atoms with E-state index in [9.17, 15) is 9.50 Å². The van der Waals surface area contributed by atoms with Gasteiger partial charge in [0.2, 0.25) is 0 Å². The van der Waals surface area contributed by atoms with Crippen LogP contribution in [0.2, 0.25) is 0 Å². The summed E-state index contributed by atoms with van der Waals surface area (Å²) in [5, 5.41) is 12.9. The van der Waals surface area contributed by atoms with Crippen LogP contribution < -0.4 is 5.32 Å². The molecule has 2 aromatic carbocycles. The van der Waals surface area contributed by atoms with Gasteiger partial charge >= 0.3 is 0 Å². The molecule has 0 amide bonds. The van der Waals surface area contributed by atoms with Crippen molar-refractivity contribution in [1.29, 1.82) is 0 Å². The number of benzene rings is 2. The Bertz CT molecular complexity index is 553. The number of aromatic hydroxyl groups is 1. The van der Waals surface area contributed by atoms with Crippen molar-refractivity contribution >= 4 is 0 Å². The molecular formula is C18H22FNO. The Morgan fingerprint density at radius 2 is 1.76 bits per heavy atom. The van der Waals surface area contributed by atoms with Crippen molar-refractivity contribution in [2.45, 2.75) is 32.2 Å². The Morgan fingerprint density at radius 3 is 2.43 bits per heavy atom. The van der Waals surface area contributed by atoms with Gasteiger partial charge in [0.05, 0.1) is 0 Å². The van der Waals surface area contributed by atoms with Crippen LogP contribution in [-0.2, 0) is 12.8 Å². The summed E-state index contributed by atoms with van der Waals surface area (Å²) in [6, 6.07) is 14.3. The van der Waals surface area contributed by atoms with Crippen LogP contribution in [-0.4, -0.2) is 17.7 Å². The monoisotopic (exact) mass is 287 g/mol. The average molecular weight is 287 g/mol. The fraction of sp³-hybridized carbons (Fsp3) is 0.333. The van der Waals surface area contributed by atoms with Crippen LogP contribution in [0.15, 0.2) is 48.5 Å². The second kappa shape index (κ2) is 7.79. The third-order valence-corrected chi connectivity index (χ3v) is 3.47. The van der Waals surface area contributed by atoms with E-state index < -0.39 is 0 Å². The fourth-order valence-corrected chi connectivity index (χ4v) is 2.43. The summed E-state index contributed by atoms with van der Waals surface area (Å²) < 4.78 is 13.3. The van der Waals surface area contributed by atoms with Crippen molar-refractivity contribution in [2.75, 3.05) is 6.54 Å². The van der Waals surface area contributed by atoms with Crippen LogP contribution in [0.1, 0.15) is 24.5 Å². The lowest BCUT2D eigenvalue weighted by atomic mass is 9.98. The van der Waals surface area contributed by atoms with Gasteiger partial charge < -0.3 is 10.4 Å². The van der Waals surface area contributed by atoms with E-state index in [0.29, 0.717) is 0 Å². The maximum absolute atomic E-state index is 13.3. The van der Waals surface area contributed by atoms with Crippen LogP contribution in [0.3, 0.4) is 0 Å². The standard InChI is InChI=1S/C18H22FNO/c1-2-10-20-17(12-14-6-8-18(21)9-7-14)13-15-4-3-5-16(19)11-15/h3-9,11,17,20-21H,2,10,12-13H2,1H3. The van der Waals surface area contributed by atoms with Crippen molar-refractivity contribution in [3.8, 4) is 5.75 Å². The lowest BCUT2D eigenvalue weighted by molar-refractivity contribution is 0.474. The molecule has 0 heterocycles. The summed E-state index contributed by atoms with van der Waals surface area (Å²) in [6.45, 7) is 3.07. The minimum Gasteiger partial charge on any atom is -0.508 e. The van der Waals surface area contributed by atoms with Crippen LogP contribution in [0.25, 0.3) is 0 Å². The first-order valence-electron chi connectivity index (χ1n) is 7.43. The molecule has 2 rings (SSSR count). The normalized spacial score (nSPS) is 12.3. The zero-order valence-corrected chi connectivity index (χ0v) is 12.3. The Kier molecular flexibility index (Phi) is 5.76. The van der Waals surface area contributed by atoms with Gasteiger partial charge in [-0.3, -0.25) is 0 Å². The fourth-order valence-electron chi connectivity index (χ4n) is 2.43. The maximum atomic E-state index is 13.3. The third-order valence-electron chi connectivity index (χ3n) is 3.47. The molecule has 0 radical (unpaired) electrons. The predicted octanol–water partition coefficient (Wildman–Crippen LogP) is 3.68. The predicted molar refractivity (Wildman–Crippen MR) is 84.0 cm³/mol. The molecule has 2 aromatic rings. The van der Waals surface area contributed by atoms with Crippen LogP contribution in [0.4, 0.5) is 4.39 Å². The number of phenols is 1. The average Bonchev–Trinajstić information content (AvgIpc) is 2.47. The van der Waals surface area contributed by atoms with E-state index >= 15 is 0 Å². The van der Waals surface area contributed by atoms with Crippen molar-refractivity contribution in [3.05, 3.63) is 65.5 Å². The molecule has 0 aliphatic rings. The summed E-state index contributed by atoms with van der Waals surface area (Å²) in [5.74, 6) is 0.0910. The summed E-state index contributed by atoms with van der Waals surface area (Å²) in [7, 11) is 0. The zero-order valence-electron chi connectivity index (χ0n) is 12.3. The smallest absolute Gasteiger partial charge is 0.123 e. The first-order chi connectivity index (χ1) is 10.2. The molecule has 0 spiro atoms. The van der Waals surface area contributed by atoms with Crippen molar-refractivity contribution in [3.63, 3.8) is 0 Å². The van der Waals surface area contributed by atoms with Gasteiger partial charge in [-0.1, -0.05) is 31.2 Å². The van der Waals surface area contributed by atoms with E-state index in [0.717, 1.165) is 36.9 Å². The molecule has 0 aliphatic heterocycles. The van der Waals surface area contributed by atoms with Gasteiger partial charge in [-0.05, 0) is 61.2 Å². The number of hydrogen-bond donors (Lipinski definition) is 2. The Morgan fingerprint density at radius 1 is 1.05 bits per heavy atom. The molecule has 1 unspecified atom stereocenters. The molecule has 3 heteroatoms. The molecule has 112 valence electrons. The highest BCUT2D eigenvalue weighted by Crippen LogP contribution is 2.14. The molecule has 0 fully saturated rings.